The molecule has 0 atom stereocenters. The van der Waals surface area contributed by atoms with Gasteiger partial charge in [-0.05, 0) is 47.0 Å². The number of H-pyrrole nitrogens is 1. The van der Waals surface area contributed by atoms with Crippen molar-refractivity contribution in [3.8, 4) is 39.5 Å². The van der Waals surface area contributed by atoms with Gasteiger partial charge in [0.25, 0.3) is 0 Å². The zero-order valence-electron chi connectivity index (χ0n) is 19.5. The van der Waals surface area contributed by atoms with E-state index >= 15 is 0 Å². The van der Waals surface area contributed by atoms with E-state index in [4.69, 9.17) is 0 Å². The molecule has 0 unspecified atom stereocenters. The lowest BCUT2D eigenvalue weighted by Gasteiger charge is -2.07. The summed E-state index contributed by atoms with van der Waals surface area (Å²) in [7, 11) is 0. The Kier molecular flexibility index (Phi) is 4.74. The van der Waals surface area contributed by atoms with Crippen molar-refractivity contribution in [2.24, 2.45) is 0 Å². The van der Waals surface area contributed by atoms with Crippen molar-refractivity contribution < 1.29 is 0 Å². The maximum absolute atomic E-state index is 4.66. The first-order valence-electron chi connectivity index (χ1n) is 12.0. The molecule has 1 N–H and O–H groups in total. The Hall–Kier alpha value is -4.96. The first kappa shape index (κ1) is 20.4. The van der Waals surface area contributed by atoms with Crippen LogP contribution in [0, 0.1) is 0 Å². The maximum Gasteiger partial charge on any atom is 0.137 e. The fourth-order valence-corrected chi connectivity index (χ4v) is 4.95. The summed E-state index contributed by atoms with van der Waals surface area (Å²) in [5.41, 5.74) is 8.75. The van der Waals surface area contributed by atoms with E-state index in [0.717, 1.165) is 39.4 Å². The molecule has 0 amide bonds. The molecule has 0 aliphatic rings. The van der Waals surface area contributed by atoms with Gasteiger partial charge in [-0.25, -0.2) is 4.98 Å². The number of rotatable bonds is 4. The van der Waals surface area contributed by atoms with Crippen LogP contribution in [-0.2, 0) is 0 Å². The molecule has 3 heterocycles. The third kappa shape index (κ3) is 3.39. The van der Waals surface area contributed by atoms with Crippen LogP contribution in [0.15, 0.2) is 128 Å². The number of hydrogen-bond donors (Lipinski definition) is 1. The number of benzene rings is 4. The third-order valence-electron chi connectivity index (χ3n) is 6.73. The van der Waals surface area contributed by atoms with Gasteiger partial charge in [-0.1, -0.05) is 91.0 Å². The fourth-order valence-electron chi connectivity index (χ4n) is 4.95. The normalized spacial score (nSPS) is 11.3. The number of para-hydroxylation sites is 1. The highest BCUT2D eigenvalue weighted by Crippen LogP contribution is 2.34. The molecule has 4 aromatic carbocycles. The van der Waals surface area contributed by atoms with E-state index in [9.17, 15) is 0 Å². The van der Waals surface area contributed by atoms with Crippen LogP contribution in [0.1, 0.15) is 0 Å². The van der Waals surface area contributed by atoms with E-state index in [1.165, 1.54) is 21.9 Å². The molecule has 0 radical (unpaired) electrons. The van der Waals surface area contributed by atoms with Gasteiger partial charge >= 0.3 is 0 Å². The van der Waals surface area contributed by atoms with E-state index in [-0.39, 0.29) is 0 Å². The zero-order chi connectivity index (χ0) is 23.9. The first-order valence-corrected chi connectivity index (χ1v) is 12.0. The van der Waals surface area contributed by atoms with Crippen molar-refractivity contribution in [1.82, 2.24) is 19.7 Å². The molecule has 170 valence electrons. The van der Waals surface area contributed by atoms with Gasteiger partial charge < -0.3 is 0 Å². The predicted molar refractivity (Wildman–Crippen MR) is 147 cm³/mol. The van der Waals surface area contributed by atoms with Crippen LogP contribution in [0.3, 0.4) is 0 Å². The van der Waals surface area contributed by atoms with Crippen molar-refractivity contribution in [2.45, 2.75) is 0 Å². The number of fused-ring (bicyclic) bond motifs is 3. The van der Waals surface area contributed by atoms with Crippen LogP contribution in [0.25, 0.3) is 61.3 Å². The minimum atomic E-state index is 0.905. The van der Waals surface area contributed by atoms with Crippen molar-refractivity contribution in [2.75, 3.05) is 0 Å². The molecule has 0 saturated carbocycles. The van der Waals surface area contributed by atoms with Crippen molar-refractivity contribution >= 4 is 21.8 Å². The number of nitrogens with one attached hydrogen (secondary N) is 1. The van der Waals surface area contributed by atoms with E-state index in [0.29, 0.717) is 0 Å². The Morgan fingerprint density at radius 1 is 0.528 bits per heavy atom. The number of hydrogen-bond acceptors (Lipinski definition) is 2. The van der Waals surface area contributed by atoms with Gasteiger partial charge in [0.15, 0.2) is 0 Å². The Labute approximate surface area is 208 Å². The molecule has 7 rings (SSSR count). The van der Waals surface area contributed by atoms with Gasteiger partial charge in [0.1, 0.15) is 5.82 Å². The van der Waals surface area contributed by atoms with Crippen LogP contribution in [-0.4, -0.2) is 19.7 Å². The average Bonchev–Trinajstić information content (AvgIpc) is 3.57. The first-order chi connectivity index (χ1) is 17.8. The Morgan fingerprint density at radius 3 is 2.06 bits per heavy atom. The van der Waals surface area contributed by atoms with Gasteiger partial charge in [-0.15, -0.1) is 0 Å². The Balaban J connectivity index is 1.30. The number of pyridine rings is 1. The van der Waals surface area contributed by atoms with Gasteiger partial charge in [0.05, 0.1) is 22.4 Å². The molecule has 4 nitrogen and oxygen atoms in total. The second-order valence-corrected chi connectivity index (χ2v) is 8.88. The monoisotopic (exact) mass is 462 g/mol. The van der Waals surface area contributed by atoms with Crippen LogP contribution < -0.4 is 0 Å². The third-order valence-corrected chi connectivity index (χ3v) is 6.73. The number of nitrogens with zero attached hydrogens (tertiary/aromatic N) is 3. The molecule has 4 heteroatoms. The molecule has 7 aromatic rings. The molecule has 0 spiro atoms. The lowest BCUT2D eigenvalue weighted by Crippen LogP contribution is -1.96. The SMILES string of the molecule is c1ccc(-c2ccc(-c3cc(-c4ccc5c6ccccc6n(-c6ccccn6)c5c4)n[nH]3)cc2)cc1. The standard InChI is InChI=1S/C32H22N4/c1-2-8-22(9-3-1)23-13-15-24(16-14-23)28-21-29(35-34-28)25-17-18-27-26-10-4-5-11-30(26)36(31(27)20-25)32-12-6-7-19-33-32/h1-21H,(H,34,35). The van der Waals surface area contributed by atoms with Gasteiger partial charge in [0, 0.05) is 22.5 Å². The van der Waals surface area contributed by atoms with E-state index < -0.39 is 0 Å². The molecular formula is C32H22N4. The average molecular weight is 463 g/mol. The molecular weight excluding hydrogens is 440 g/mol. The quantitative estimate of drug-likeness (QED) is 0.289. The molecule has 0 aliphatic heterocycles. The minimum Gasteiger partial charge on any atom is -0.294 e. The molecule has 36 heavy (non-hydrogen) atoms. The summed E-state index contributed by atoms with van der Waals surface area (Å²) in [4.78, 5) is 4.64. The lowest BCUT2D eigenvalue weighted by atomic mass is 10.0. The topological polar surface area (TPSA) is 46.5 Å². The summed E-state index contributed by atoms with van der Waals surface area (Å²) >= 11 is 0. The molecule has 0 aliphatic carbocycles. The van der Waals surface area contributed by atoms with Crippen molar-refractivity contribution in [1.29, 1.82) is 0 Å². The largest absolute Gasteiger partial charge is 0.294 e. The molecule has 0 bridgehead atoms. The number of aromatic nitrogens is 4. The van der Waals surface area contributed by atoms with E-state index in [2.05, 4.69) is 117 Å². The molecule has 3 aromatic heterocycles. The van der Waals surface area contributed by atoms with Gasteiger partial charge in [-0.3, -0.25) is 9.67 Å². The van der Waals surface area contributed by atoms with E-state index in [1.54, 1.807) is 0 Å². The highest BCUT2D eigenvalue weighted by atomic mass is 15.1. The second kappa shape index (κ2) is 8.36. The van der Waals surface area contributed by atoms with Crippen LogP contribution in [0.2, 0.25) is 0 Å². The highest BCUT2D eigenvalue weighted by Gasteiger charge is 2.14. The summed E-state index contributed by atoms with van der Waals surface area (Å²) in [6.45, 7) is 0. The smallest absolute Gasteiger partial charge is 0.137 e. The molecule has 0 fully saturated rings. The summed E-state index contributed by atoms with van der Waals surface area (Å²) in [5.74, 6) is 0.905. The van der Waals surface area contributed by atoms with Crippen molar-refractivity contribution in [3.63, 3.8) is 0 Å². The van der Waals surface area contributed by atoms with Gasteiger partial charge in [-0.2, -0.15) is 5.10 Å². The fraction of sp³-hybridized carbons (Fsp3) is 0. The van der Waals surface area contributed by atoms with E-state index in [1.807, 2.05) is 30.5 Å². The van der Waals surface area contributed by atoms with Crippen molar-refractivity contribution in [3.05, 3.63) is 128 Å². The van der Waals surface area contributed by atoms with Crippen LogP contribution in [0.5, 0.6) is 0 Å². The molecule has 0 saturated heterocycles. The second-order valence-electron chi connectivity index (χ2n) is 8.88. The van der Waals surface area contributed by atoms with Crippen LogP contribution >= 0.6 is 0 Å². The lowest BCUT2D eigenvalue weighted by molar-refractivity contribution is 1.08. The summed E-state index contributed by atoms with van der Waals surface area (Å²) in [6, 6.07) is 42.2. The van der Waals surface area contributed by atoms with Crippen LogP contribution in [0.4, 0.5) is 0 Å². The summed E-state index contributed by atoms with van der Waals surface area (Å²) in [5, 5.41) is 10.3. The predicted octanol–water partition coefficient (Wildman–Crippen LogP) is 7.90. The highest BCUT2D eigenvalue weighted by molar-refractivity contribution is 6.10. The van der Waals surface area contributed by atoms with Gasteiger partial charge in [0.2, 0.25) is 0 Å². The minimum absolute atomic E-state index is 0.905. The number of aromatic amines is 1. The summed E-state index contributed by atoms with van der Waals surface area (Å²) < 4.78 is 2.23. The Bertz CT molecular complexity index is 1810. The zero-order valence-corrected chi connectivity index (χ0v) is 19.5. The maximum atomic E-state index is 4.66. The summed E-state index contributed by atoms with van der Waals surface area (Å²) in [6.07, 6.45) is 1.84. The Morgan fingerprint density at radius 2 is 1.22 bits per heavy atom.